The van der Waals surface area contributed by atoms with Crippen LogP contribution >= 0.6 is 0 Å². The van der Waals surface area contributed by atoms with Crippen molar-refractivity contribution in [2.75, 3.05) is 13.7 Å². The van der Waals surface area contributed by atoms with Crippen molar-refractivity contribution in [2.24, 2.45) is 11.8 Å². The fraction of sp³-hybridized carbons (Fsp3) is 0.385. The molecule has 162 valence electrons. The summed E-state index contributed by atoms with van der Waals surface area (Å²) in [5, 5.41) is 0. The van der Waals surface area contributed by atoms with Gasteiger partial charge in [-0.15, -0.1) is 0 Å². The first-order chi connectivity index (χ1) is 15.1. The van der Waals surface area contributed by atoms with Crippen LogP contribution in [0.15, 0.2) is 59.0 Å². The summed E-state index contributed by atoms with van der Waals surface area (Å²) in [6.07, 6.45) is 4.64. The molecule has 0 spiro atoms. The molecule has 3 aromatic rings. The zero-order chi connectivity index (χ0) is 21.6. The van der Waals surface area contributed by atoms with Crippen molar-refractivity contribution in [3.8, 4) is 17.2 Å². The molecule has 0 N–H and O–H groups in total. The van der Waals surface area contributed by atoms with Gasteiger partial charge in [-0.1, -0.05) is 36.8 Å². The Labute approximate surface area is 183 Å². The maximum Gasteiger partial charge on any atom is 0.308 e. The number of ether oxygens (including phenoxy) is 2. The third kappa shape index (κ3) is 5.16. The van der Waals surface area contributed by atoms with Crippen LogP contribution in [0.4, 0.5) is 0 Å². The van der Waals surface area contributed by atoms with Crippen LogP contribution in [-0.4, -0.2) is 24.7 Å². The summed E-state index contributed by atoms with van der Waals surface area (Å²) in [6, 6.07) is 18.1. The maximum absolute atomic E-state index is 12.0. The summed E-state index contributed by atoms with van der Waals surface area (Å²) in [5.74, 6) is 2.60. The standard InChI is InChI=1S/C26H29NO4/c1-18-24(27-25(31-18)20-9-4-3-5-10-20)14-15-30-22-12-6-8-19(17-22)16-21-11-7-13-23(21)26(28)29-2/h3-6,8-10,12,17,21,23H,7,11,13-16H2,1-2H3/t21-,23-/m0/s1. The number of nitrogens with zero attached hydrogens (tertiary/aromatic N) is 1. The minimum atomic E-state index is -0.0761. The predicted molar refractivity (Wildman–Crippen MR) is 119 cm³/mol. The summed E-state index contributed by atoms with van der Waals surface area (Å²) in [4.78, 5) is 16.7. The van der Waals surface area contributed by atoms with E-state index >= 15 is 0 Å². The van der Waals surface area contributed by atoms with Crippen LogP contribution < -0.4 is 4.74 Å². The van der Waals surface area contributed by atoms with Crippen LogP contribution in [0.3, 0.4) is 0 Å². The molecular weight excluding hydrogens is 390 g/mol. The molecule has 0 radical (unpaired) electrons. The topological polar surface area (TPSA) is 61.6 Å². The highest BCUT2D eigenvalue weighted by molar-refractivity contribution is 5.73. The van der Waals surface area contributed by atoms with Crippen LogP contribution in [0, 0.1) is 18.8 Å². The van der Waals surface area contributed by atoms with Gasteiger partial charge in [-0.3, -0.25) is 4.79 Å². The Bertz CT molecular complexity index is 1010. The normalized spacial score (nSPS) is 18.1. The number of hydrogen-bond acceptors (Lipinski definition) is 5. The molecule has 5 nitrogen and oxygen atoms in total. The lowest BCUT2D eigenvalue weighted by Gasteiger charge is -2.17. The molecule has 2 atom stereocenters. The number of rotatable bonds is 8. The quantitative estimate of drug-likeness (QED) is 0.457. The van der Waals surface area contributed by atoms with Gasteiger partial charge in [0.2, 0.25) is 5.89 Å². The van der Waals surface area contributed by atoms with Crippen molar-refractivity contribution in [3.63, 3.8) is 0 Å². The van der Waals surface area contributed by atoms with E-state index < -0.39 is 0 Å². The number of methoxy groups -OCH3 is 1. The van der Waals surface area contributed by atoms with Crippen molar-refractivity contribution in [3.05, 3.63) is 71.6 Å². The van der Waals surface area contributed by atoms with Crippen molar-refractivity contribution >= 4 is 5.97 Å². The second kappa shape index (κ2) is 9.82. The summed E-state index contributed by atoms with van der Waals surface area (Å²) in [7, 11) is 1.48. The predicted octanol–water partition coefficient (Wildman–Crippen LogP) is 5.40. The van der Waals surface area contributed by atoms with Crippen LogP contribution in [0.25, 0.3) is 11.5 Å². The van der Waals surface area contributed by atoms with Gasteiger partial charge in [0, 0.05) is 12.0 Å². The minimum absolute atomic E-state index is 0.0172. The minimum Gasteiger partial charge on any atom is -0.493 e. The molecule has 0 bridgehead atoms. The molecule has 2 aromatic carbocycles. The molecule has 1 fully saturated rings. The number of aromatic nitrogens is 1. The molecule has 1 aliphatic carbocycles. The Kier molecular flexibility index (Phi) is 6.70. The number of oxazole rings is 1. The van der Waals surface area contributed by atoms with Gasteiger partial charge in [0.25, 0.3) is 0 Å². The Morgan fingerprint density at radius 3 is 2.77 bits per heavy atom. The highest BCUT2D eigenvalue weighted by Crippen LogP contribution is 2.35. The first-order valence-electron chi connectivity index (χ1n) is 11.0. The van der Waals surface area contributed by atoms with E-state index in [0.29, 0.717) is 24.8 Å². The van der Waals surface area contributed by atoms with Gasteiger partial charge < -0.3 is 13.9 Å². The molecule has 0 unspecified atom stereocenters. The number of aryl methyl sites for hydroxylation is 1. The van der Waals surface area contributed by atoms with E-state index in [0.717, 1.165) is 48.5 Å². The second-order valence-corrected chi connectivity index (χ2v) is 8.16. The molecule has 1 heterocycles. The smallest absolute Gasteiger partial charge is 0.308 e. The maximum atomic E-state index is 12.0. The van der Waals surface area contributed by atoms with E-state index in [1.807, 2.05) is 49.4 Å². The molecule has 5 heteroatoms. The zero-order valence-electron chi connectivity index (χ0n) is 18.2. The van der Waals surface area contributed by atoms with E-state index in [1.165, 1.54) is 12.7 Å². The van der Waals surface area contributed by atoms with E-state index in [-0.39, 0.29) is 11.9 Å². The molecule has 1 aromatic heterocycles. The average molecular weight is 420 g/mol. The first kappa shape index (κ1) is 21.2. The highest BCUT2D eigenvalue weighted by Gasteiger charge is 2.33. The number of benzene rings is 2. The third-order valence-corrected chi connectivity index (χ3v) is 6.08. The lowest BCUT2D eigenvalue weighted by atomic mass is 9.89. The summed E-state index contributed by atoms with van der Waals surface area (Å²) in [6.45, 7) is 2.47. The van der Waals surface area contributed by atoms with Gasteiger partial charge >= 0.3 is 5.97 Å². The zero-order valence-corrected chi connectivity index (χ0v) is 18.2. The first-order valence-corrected chi connectivity index (χ1v) is 11.0. The highest BCUT2D eigenvalue weighted by atomic mass is 16.5. The van der Waals surface area contributed by atoms with Crippen molar-refractivity contribution in [2.45, 2.75) is 39.0 Å². The van der Waals surface area contributed by atoms with Gasteiger partial charge in [-0.05, 0) is 61.9 Å². The van der Waals surface area contributed by atoms with Gasteiger partial charge in [0.15, 0.2) is 0 Å². The Hall–Kier alpha value is -3.08. The largest absolute Gasteiger partial charge is 0.493 e. The number of carbonyl (C=O) groups is 1. The molecule has 1 aliphatic rings. The Morgan fingerprint density at radius 2 is 1.97 bits per heavy atom. The van der Waals surface area contributed by atoms with Crippen LogP contribution in [0.1, 0.15) is 36.3 Å². The van der Waals surface area contributed by atoms with E-state index in [4.69, 9.17) is 13.9 Å². The van der Waals surface area contributed by atoms with Crippen molar-refractivity contribution in [1.82, 2.24) is 4.98 Å². The molecule has 4 rings (SSSR count). The van der Waals surface area contributed by atoms with Crippen LogP contribution in [0.5, 0.6) is 5.75 Å². The lowest BCUT2D eigenvalue weighted by Crippen LogP contribution is -2.21. The molecule has 0 saturated heterocycles. The van der Waals surface area contributed by atoms with Gasteiger partial charge in [0.1, 0.15) is 11.5 Å². The summed E-state index contributed by atoms with van der Waals surface area (Å²) < 4.78 is 16.8. The van der Waals surface area contributed by atoms with Crippen LogP contribution in [-0.2, 0) is 22.4 Å². The Morgan fingerprint density at radius 1 is 1.13 bits per heavy atom. The van der Waals surface area contributed by atoms with Gasteiger partial charge in [-0.25, -0.2) is 4.98 Å². The fourth-order valence-electron chi connectivity index (χ4n) is 4.44. The molecule has 31 heavy (non-hydrogen) atoms. The molecular formula is C26H29NO4. The van der Waals surface area contributed by atoms with Crippen molar-refractivity contribution < 1.29 is 18.7 Å². The summed E-state index contributed by atoms with van der Waals surface area (Å²) >= 11 is 0. The third-order valence-electron chi connectivity index (χ3n) is 6.08. The van der Waals surface area contributed by atoms with Gasteiger partial charge in [0.05, 0.1) is 25.3 Å². The average Bonchev–Trinajstić information content (AvgIpc) is 3.41. The number of esters is 1. The lowest BCUT2D eigenvalue weighted by molar-refractivity contribution is -0.146. The molecule has 1 saturated carbocycles. The number of hydrogen-bond donors (Lipinski definition) is 0. The fourth-order valence-corrected chi connectivity index (χ4v) is 4.44. The van der Waals surface area contributed by atoms with E-state index in [1.54, 1.807) is 0 Å². The van der Waals surface area contributed by atoms with Gasteiger partial charge in [-0.2, -0.15) is 0 Å². The second-order valence-electron chi connectivity index (χ2n) is 8.16. The van der Waals surface area contributed by atoms with E-state index in [2.05, 4.69) is 17.1 Å². The van der Waals surface area contributed by atoms with Crippen LogP contribution in [0.2, 0.25) is 0 Å². The van der Waals surface area contributed by atoms with Crippen molar-refractivity contribution in [1.29, 1.82) is 0 Å². The molecule has 0 amide bonds. The SMILES string of the molecule is COC(=O)[C@H]1CCC[C@H]1Cc1cccc(OCCc2nc(-c3ccccc3)oc2C)c1. The molecule has 0 aliphatic heterocycles. The summed E-state index contributed by atoms with van der Waals surface area (Å²) in [5.41, 5.74) is 3.09. The van der Waals surface area contributed by atoms with E-state index in [9.17, 15) is 4.79 Å². The monoisotopic (exact) mass is 419 g/mol. The Balaban J connectivity index is 1.34. The number of carbonyl (C=O) groups excluding carboxylic acids is 1.